The van der Waals surface area contributed by atoms with Gasteiger partial charge in [-0.05, 0) is 126 Å². The number of para-hydroxylation sites is 5. The van der Waals surface area contributed by atoms with E-state index in [-0.39, 0.29) is 0 Å². The summed E-state index contributed by atoms with van der Waals surface area (Å²) in [4.78, 5) is 5.03. The monoisotopic (exact) mass is 858 g/mol. The van der Waals surface area contributed by atoms with Crippen LogP contribution in [0.25, 0.3) is 42.4 Å². The zero-order valence-electron chi connectivity index (χ0n) is 35.2. The zero-order chi connectivity index (χ0) is 42.4. The zero-order valence-corrected chi connectivity index (χ0v) is 37.1. The van der Waals surface area contributed by atoms with Crippen molar-refractivity contribution in [3.05, 3.63) is 253 Å². The topological polar surface area (TPSA) is 6.48 Å². The molecule has 4 heteroatoms. The first-order chi connectivity index (χ1) is 32.3. The van der Waals surface area contributed by atoms with Gasteiger partial charge in [-0.2, -0.15) is 0 Å². The first kappa shape index (κ1) is 35.7. The van der Waals surface area contributed by atoms with E-state index in [9.17, 15) is 0 Å². The Morgan fingerprint density at radius 2 is 0.769 bits per heavy atom. The van der Waals surface area contributed by atoms with E-state index in [1.165, 1.54) is 114 Å². The molecule has 0 fully saturated rings. The highest BCUT2D eigenvalue weighted by molar-refractivity contribution is 7.27. The minimum atomic E-state index is -2.81. The summed E-state index contributed by atoms with van der Waals surface area (Å²) >= 11 is 1.92. The van der Waals surface area contributed by atoms with E-state index < -0.39 is 13.5 Å². The molecule has 0 bridgehead atoms. The Labute approximate surface area is 382 Å². The van der Waals surface area contributed by atoms with Gasteiger partial charge in [0.05, 0.1) is 28.2 Å². The second-order valence-electron chi connectivity index (χ2n) is 17.9. The van der Waals surface area contributed by atoms with E-state index >= 15 is 0 Å². The van der Waals surface area contributed by atoms with Gasteiger partial charge in [-0.1, -0.05) is 170 Å². The molecule has 10 aromatic carbocycles. The van der Waals surface area contributed by atoms with Crippen molar-refractivity contribution in [2.24, 2.45) is 0 Å². The van der Waals surface area contributed by atoms with Crippen LogP contribution in [0.3, 0.4) is 0 Å². The highest BCUT2D eigenvalue weighted by Gasteiger charge is 2.55. The first-order valence-corrected chi connectivity index (χ1v) is 25.4. The fourth-order valence-corrected chi connectivity index (χ4v) is 19.5. The standard InChI is InChI=1S/C61H38N2SSi/c1-2-18-39(19-3-1)62-51-27-11-7-23-47(51)61(48-24-8-12-28-52(48)62)49-25-9-13-29-53(49)63(54-30-14-10-26-50(54)61)40-34-35-44-42-21-5-16-32-57(42)65(59(44)36-40)58-33-17-6-22-43(58)46-37-56-45(38-60(46)65)41-20-4-15-31-55(41)64-56/h1-38H. The van der Waals surface area contributed by atoms with Crippen LogP contribution in [0.1, 0.15) is 22.3 Å². The molecule has 0 aliphatic carbocycles. The maximum atomic E-state index is 2.61. The maximum Gasteiger partial charge on any atom is 0.182 e. The second kappa shape index (κ2) is 12.9. The number of nitrogens with zero attached hydrogens (tertiary/aromatic N) is 2. The van der Waals surface area contributed by atoms with Gasteiger partial charge in [0.1, 0.15) is 0 Å². The van der Waals surface area contributed by atoms with Gasteiger partial charge in [-0.3, -0.25) is 0 Å². The van der Waals surface area contributed by atoms with Crippen LogP contribution in [0.15, 0.2) is 231 Å². The predicted octanol–water partition coefficient (Wildman–Crippen LogP) is 13.3. The maximum absolute atomic E-state index is 2.81. The lowest BCUT2D eigenvalue weighted by atomic mass is 9.60. The van der Waals surface area contributed by atoms with Crippen LogP contribution in [0.2, 0.25) is 0 Å². The van der Waals surface area contributed by atoms with Gasteiger partial charge in [-0.25, -0.2) is 0 Å². The lowest BCUT2D eigenvalue weighted by Crippen LogP contribution is -2.70. The Kier molecular flexibility index (Phi) is 7.09. The minimum Gasteiger partial charge on any atom is -0.310 e. The van der Waals surface area contributed by atoms with E-state index in [0.29, 0.717) is 0 Å². The molecule has 302 valence electrons. The molecule has 11 aromatic rings. The minimum absolute atomic E-state index is 0.580. The molecule has 0 saturated heterocycles. The fourth-order valence-electron chi connectivity index (χ4n) is 12.7. The summed E-state index contributed by atoms with van der Waals surface area (Å²) in [6.07, 6.45) is 0. The highest BCUT2D eigenvalue weighted by atomic mass is 32.1. The Morgan fingerprint density at radius 3 is 1.38 bits per heavy atom. The fraction of sp³-hybridized carbons (Fsp3) is 0.0164. The normalized spacial score (nSPS) is 16.4. The van der Waals surface area contributed by atoms with Gasteiger partial charge in [-0.15, -0.1) is 11.3 Å². The Bertz CT molecular complexity index is 3730. The van der Waals surface area contributed by atoms with Crippen molar-refractivity contribution in [2.45, 2.75) is 5.41 Å². The van der Waals surface area contributed by atoms with E-state index in [0.717, 1.165) is 5.69 Å². The number of hydrogen-bond donors (Lipinski definition) is 0. The summed E-state index contributed by atoms with van der Waals surface area (Å²) in [7, 11) is -2.81. The highest BCUT2D eigenvalue weighted by Crippen LogP contribution is 2.64. The lowest BCUT2D eigenvalue weighted by molar-refractivity contribution is 0.719. The Morgan fingerprint density at radius 1 is 0.308 bits per heavy atom. The molecule has 0 amide bonds. The second-order valence-corrected chi connectivity index (χ2v) is 22.6. The predicted molar refractivity (Wildman–Crippen MR) is 276 cm³/mol. The molecule has 1 unspecified atom stereocenters. The molecular weight excluding hydrogens is 821 g/mol. The molecule has 0 saturated carbocycles. The van der Waals surface area contributed by atoms with Crippen molar-refractivity contribution >= 4 is 94.5 Å². The molecule has 0 radical (unpaired) electrons. The number of hydrogen-bond acceptors (Lipinski definition) is 3. The lowest BCUT2D eigenvalue weighted by Gasteiger charge is -2.51. The summed E-state index contributed by atoms with van der Waals surface area (Å²) in [5, 5.41) is 8.70. The van der Waals surface area contributed by atoms with Crippen molar-refractivity contribution in [1.82, 2.24) is 0 Å². The third-order valence-corrected chi connectivity index (χ3v) is 21.1. The van der Waals surface area contributed by atoms with Crippen molar-refractivity contribution in [3.63, 3.8) is 0 Å². The van der Waals surface area contributed by atoms with Crippen molar-refractivity contribution in [2.75, 3.05) is 9.80 Å². The van der Waals surface area contributed by atoms with Crippen LogP contribution >= 0.6 is 11.3 Å². The van der Waals surface area contributed by atoms with Crippen LogP contribution < -0.4 is 30.5 Å². The van der Waals surface area contributed by atoms with Gasteiger partial charge < -0.3 is 9.80 Å². The summed E-state index contributed by atoms with van der Waals surface area (Å²) < 4.78 is 2.71. The molecule has 15 rings (SSSR count). The molecule has 1 atom stereocenters. The van der Waals surface area contributed by atoms with Crippen LogP contribution in [-0.4, -0.2) is 8.07 Å². The van der Waals surface area contributed by atoms with E-state index in [1.807, 2.05) is 11.3 Å². The van der Waals surface area contributed by atoms with E-state index in [2.05, 4.69) is 240 Å². The van der Waals surface area contributed by atoms with E-state index in [1.54, 1.807) is 0 Å². The van der Waals surface area contributed by atoms with Crippen LogP contribution in [0.5, 0.6) is 0 Å². The molecule has 5 heterocycles. The third kappa shape index (κ3) is 4.38. The Hall–Kier alpha value is -7.76. The number of anilines is 6. The molecule has 2 spiro atoms. The van der Waals surface area contributed by atoms with Crippen LogP contribution in [0, 0.1) is 0 Å². The summed E-state index contributed by atoms with van der Waals surface area (Å²) in [5.41, 5.74) is 17.2. The molecule has 2 nitrogen and oxygen atoms in total. The summed E-state index contributed by atoms with van der Waals surface area (Å²) in [5.74, 6) is 0. The number of benzene rings is 10. The van der Waals surface area contributed by atoms with Crippen LogP contribution in [0.4, 0.5) is 34.1 Å². The third-order valence-electron chi connectivity index (χ3n) is 15.0. The van der Waals surface area contributed by atoms with Crippen molar-refractivity contribution in [1.29, 1.82) is 0 Å². The van der Waals surface area contributed by atoms with Gasteiger partial charge >= 0.3 is 0 Å². The molecule has 0 N–H and O–H groups in total. The molecular formula is C61H38N2SSi. The van der Waals surface area contributed by atoms with Gasteiger partial charge in [0, 0.05) is 31.5 Å². The molecule has 65 heavy (non-hydrogen) atoms. The SMILES string of the molecule is c1ccc(N2c3ccccc3C3(c4ccccc42)c2ccccc2N(c2ccc4c(c2)[Si]2(c5ccccc5-4)c4ccccc4-c4cc5sc6ccccc6c5cc42)c2ccccc23)cc1. The average molecular weight is 859 g/mol. The quantitative estimate of drug-likeness (QED) is 0.160. The van der Waals surface area contributed by atoms with Crippen LogP contribution in [-0.2, 0) is 5.41 Å². The van der Waals surface area contributed by atoms with Gasteiger partial charge in [0.15, 0.2) is 8.07 Å². The van der Waals surface area contributed by atoms with Gasteiger partial charge in [0.25, 0.3) is 0 Å². The van der Waals surface area contributed by atoms with Gasteiger partial charge in [0.2, 0.25) is 0 Å². The smallest absolute Gasteiger partial charge is 0.182 e. The molecule has 1 aromatic heterocycles. The summed E-state index contributed by atoms with van der Waals surface area (Å²) in [6, 6.07) is 87.7. The van der Waals surface area contributed by atoms with Crippen molar-refractivity contribution in [3.8, 4) is 22.3 Å². The molecule has 4 aliphatic heterocycles. The summed E-state index contributed by atoms with van der Waals surface area (Å²) in [6.45, 7) is 0. The number of thiophene rings is 1. The molecule has 4 aliphatic rings. The van der Waals surface area contributed by atoms with E-state index in [4.69, 9.17) is 0 Å². The number of fused-ring (bicyclic) bond motifs is 21. The average Bonchev–Trinajstić information content (AvgIpc) is 3.99. The number of rotatable bonds is 2. The largest absolute Gasteiger partial charge is 0.310 e. The van der Waals surface area contributed by atoms with Crippen molar-refractivity contribution < 1.29 is 0 Å². The Balaban J connectivity index is 1.01. The first-order valence-electron chi connectivity index (χ1n) is 22.6.